The predicted molar refractivity (Wildman–Crippen MR) is 68.3 cm³/mol. The summed E-state index contributed by atoms with van der Waals surface area (Å²) in [7, 11) is 3.55. The van der Waals surface area contributed by atoms with E-state index in [9.17, 15) is 4.79 Å². The van der Waals surface area contributed by atoms with Gasteiger partial charge in [0.2, 0.25) is 0 Å². The molecule has 0 saturated heterocycles. The van der Waals surface area contributed by atoms with E-state index < -0.39 is 0 Å². The average molecular weight is 449 g/mol. The molecule has 0 unspecified atom stereocenters. The van der Waals surface area contributed by atoms with E-state index in [-0.39, 0.29) is 5.91 Å². The number of amides is 1. The molecule has 4 nitrogen and oxygen atoms in total. The standard InChI is InChI=1S/C12H14N3OS.Hg/c1-8-7-9(15(4)13-8)10-5-6-11(17-10)12(16)14(2)3;/h5-7H,4H2,1-3H3;. The maximum atomic E-state index is 11.9. The van der Waals surface area contributed by atoms with Crippen molar-refractivity contribution < 1.29 is 30.9 Å². The summed E-state index contributed by atoms with van der Waals surface area (Å²) in [4.78, 5) is 15.4. The zero-order valence-electron chi connectivity index (χ0n) is 10.8. The summed E-state index contributed by atoms with van der Waals surface area (Å²) in [6.07, 6.45) is 0. The van der Waals surface area contributed by atoms with Crippen LogP contribution in [0.1, 0.15) is 15.4 Å². The summed E-state index contributed by atoms with van der Waals surface area (Å²) in [6.45, 7) is 2.00. The van der Waals surface area contributed by atoms with E-state index in [2.05, 4.69) is 11.2 Å². The molecule has 0 aromatic carbocycles. The molecule has 6 heteroatoms. The van der Waals surface area contributed by atoms with Crippen molar-refractivity contribution in [3.63, 3.8) is 0 Å². The molecule has 2 rings (SSSR count). The van der Waals surface area contributed by atoms with Gasteiger partial charge >= 0.3 is 127 Å². The van der Waals surface area contributed by atoms with E-state index in [4.69, 9.17) is 0 Å². The Labute approximate surface area is 127 Å². The Morgan fingerprint density at radius 2 is 2.22 bits per heavy atom. The molecule has 18 heavy (non-hydrogen) atoms. The average Bonchev–Trinajstić information content (AvgIpc) is 2.93. The minimum atomic E-state index is 0.0589. The van der Waals surface area contributed by atoms with Gasteiger partial charge in [0.05, 0.1) is 0 Å². The van der Waals surface area contributed by atoms with Gasteiger partial charge < -0.3 is 0 Å². The van der Waals surface area contributed by atoms with E-state index in [0.29, 0.717) is 26.1 Å². The molecular weight excluding hydrogens is 435 g/mol. The van der Waals surface area contributed by atoms with Crippen molar-refractivity contribution in [3.05, 3.63) is 28.8 Å². The van der Waals surface area contributed by atoms with Crippen LogP contribution in [0.3, 0.4) is 0 Å². The SMILES string of the molecule is Cc1cc(-c2ccc(C(=O)N(C)C)s2)n([CH2][Hg])n1. The Morgan fingerprint density at radius 1 is 1.50 bits per heavy atom. The third-order valence-corrected chi connectivity index (χ3v) is 5.33. The topological polar surface area (TPSA) is 38.1 Å². The van der Waals surface area contributed by atoms with Gasteiger partial charge in [0.25, 0.3) is 0 Å². The molecule has 0 N–H and O–H groups in total. The summed E-state index contributed by atoms with van der Waals surface area (Å²) in [6, 6.07) is 5.99. The van der Waals surface area contributed by atoms with Crippen molar-refractivity contribution in [2.75, 3.05) is 14.1 Å². The number of hydrogen-bond acceptors (Lipinski definition) is 3. The van der Waals surface area contributed by atoms with Crippen LogP contribution in [-0.2, 0) is 30.2 Å². The number of aromatic nitrogens is 2. The Kier molecular flexibility index (Phi) is 4.22. The van der Waals surface area contributed by atoms with Crippen LogP contribution in [0.2, 0.25) is 0 Å². The fraction of sp³-hybridized carbons (Fsp3) is 0.333. The van der Waals surface area contributed by atoms with Gasteiger partial charge in [0, 0.05) is 0 Å². The van der Waals surface area contributed by atoms with Gasteiger partial charge in [-0.25, -0.2) is 0 Å². The molecule has 0 spiro atoms. The van der Waals surface area contributed by atoms with Gasteiger partial charge in [0.15, 0.2) is 0 Å². The zero-order chi connectivity index (χ0) is 13.3. The molecule has 0 aliphatic carbocycles. The van der Waals surface area contributed by atoms with E-state index in [1.54, 1.807) is 19.0 Å². The molecule has 0 saturated carbocycles. The van der Waals surface area contributed by atoms with Gasteiger partial charge in [-0.3, -0.25) is 0 Å². The van der Waals surface area contributed by atoms with Crippen molar-refractivity contribution >= 4 is 17.2 Å². The molecule has 2 aromatic heterocycles. The molecule has 0 atom stereocenters. The molecule has 1 amide bonds. The van der Waals surface area contributed by atoms with Gasteiger partial charge in [-0.2, -0.15) is 0 Å². The van der Waals surface area contributed by atoms with Gasteiger partial charge in [0.1, 0.15) is 0 Å². The van der Waals surface area contributed by atoms with Crippen LogP contribution >= 0.6 is 11.3 Å². The number of thiophene rings is 1. The molecule has 2 aromatic rings. The molecule has 0 radical (unpaired) electrons. The molecule has 0 fully saturated rings. The number of carbonyl (C=O) groups excluding carboxylic acids is 1. The second-order valence-electron chi connectivity index (χ2n) is 4.26. The number of nitrogens with zero attached hydrogens (tertiary/aromatic N) is 3. The van der Waals surface area contributed by atoms with Gasteiger partial charge in [-0.05, 0) is 0 Å². The second-order valence-corrected chi connectivity index (χ2v) is 7.08. The number of carbonyl (C=O) groups is 1. The molecular formula is C12H14HgN3OS. The van der Waals surface area contributed by atoms with Crippen molar-refractivity contribution in [2.45, 2.75) is 11.0 Å². The van der Waals surface area contributed by atoms with Crippen LogP contribution in [0.15, 0.2) is 18.2 Å². The third-order valence-electron chi connectivity index (χ3n) is 2.59. The molecule has 2 heterocycles. The van der Waals surface area contributed by atoms with Crippen LogP contribution in [0.5, 0.6) is 0 Å². The number of aryl methyl sites for hydroxylation is 1. The molecule has 0 aliphatic rings. The van der Waals surface area contributed by atoms with E-state index in [0.717, 1.165) is 25.2 Å². The van der Waals surface area contributed by atoms with Gasteiger partial charge in [-0.15, -0.1) is 0 Å². The Bertz CT molecular complexity index is 574. The normalized spacial score (nSPS) is 10.7. The van der Waals surface area contributed by atoms with Gasteiger partial charge in [-0.1, -0.05) is 0 Å². The van der Waals surface area contributed by atoms with Crippen LogP contribution in [0, 0.1) is 6.92 Å². The van der Waals surface area contributed by atoms with Crippen molar-refractivity contribution in [1.82, 2.24) is 14.7 Å². The monoisotopic (exact) mass is 450 g/mol. The Morgan fingerprint density at radius 3 is 2.83 bits per heavy atom. The Hall–Kier alpha value is -0.685. The van der Waals surface area contributed by atoms with Crippen molar-refractivity contribution in [1.29, 1.82) is 0 Å². The summed E-state index contributed by atoms with van der Waals surface area (Å²) >= 11 is 2.21. The first kappa shape index (κ1) is 13.7. The quantitative estimate of drug-likeness (QED) is 0.675. The minimum absolute atomic E-state index is 0.0589. The Balaban J connectivity index is 2.37. The van der Waals surface area contributed by atoms with Crippen LogP contribution in [0.4, 0.5) is 0 Å². The van der Waals surface area contributed by atoms with Crippen molar-refractivity contribution in [2.24, 2.45) is 0 Å². The summed E-state index contributed by atoms with van der Waals surface area (Å²) in [5.41, 5.74) is 2.16. The summed E-state index contributed by atoms with van der Waals surface area (Å²) in [5.74, 6) is 0.0589. The maximum absolute atomic E-state index is 11.9. The first-order valence-corrected chi connectivity index (χ1v) is 10.4. The van der Waals surface area contributed by atoms with E-state index in [1.165, 1.54) is 11.3 Å². The first-order chi connectivity index (χ1) is 8.52. The number of rotatable bonds is 3. The van der Waals surface area contributed by atoms with Crippen LogP contribution < -0.4 is 0 Å². The van der Waals surface area contributed by atoms with E-state index in [1.807, 2.05) is 23.7 Å². The fourth-order valence-electron chi connectivity index (χ4n) is 1.73. The molecule has 0 aliphatic heterocycles. The first-order valence-electron chi connectivity index (χ1n) is 5.68. The van der Waals surface area contributed by atoms with Crippen LogP contribution in [-0.4, -0.2) is 34.7 Å². The third kappa shape index (κ3) is 2.67. The fourth-order valence-corrected chi connectivity index (χ4v) is 4.10. The molecule has 91 valence electrons. The predicted octanol–water partition coefficient (Wildman–Crippen LogP) is 2.13. The van der Waals surface area contributed by atoms with Crippen molar-refractivity contribution in [3.8, 4) is 10.6 Å². The molecule has 0 bridgehead atoms. The summed E-state index contributed by atoms with van der Waals surface area (Å²) in [5, 5.41) is 4.47. The summed E-state index contributed by atoms with van der Waals surface area (Å²) < 4.78 is 3.08. The zero-order valence-corrected chi connectivity index (χ0v) is 17.1. The second kappa shape index (κ2) is 5.53. The number of hydrogen-bond donors (Lipinski definition) is 0. The van der Waals surface area contributed by atoms with Crippen LogP contribution in [0.25, 0.3) is 10.6 Å². The van der Waals surface area contributed by atoms with E-state index >= 15 is 0 Å².